The van der Waals surface area contributed by atoms with Gasteiger partial charge in [0.2, 0.25) is 18.2 Å². The number of imide groups is 1. The number of anilines is 2. The lowest BCUT2D eigenvalue weighted by molar-refractivity contribution is -0.134. The second-order valence-corrected chi connectivity index (χ2v) is 6.91. The topological polar surface area (TPSA) is 99.8 Å². The van der Waals surface area contributed by atoms with Gasteiger partial charge >= 0.3 is 0 Å². The Labute approximate surface area is 158 Å². The molecule has 1 unspecified atom stereocenters. The first-order valence-electron chi connectivity index (χ1n) is 9.35. The van der Waals surface area contributed by atoms with Gasteiger partial charge in [0, 0.05) is 19.5 Å². The summed E-state index contributed by atoms with van der Waals surface area (Å²) in [6, 6.07) is 4.70. The summed E-state index contributed by atoms with van der Waals surface area (Å²) < 4.78 is 5.94. The second-order valence-electron chi connectivity index (χ2n) is 6.91. The van der Waals surface area contributed by atoms with Crippen LogP contribution in [0, 0.1) is 5.92 Å². The number of carbonyl (C=O) groups is 3. The van der Waals surface area contributed by atoms with E-state index >= 15 is 0 Å². The third kappa shape index (κ3) is 4.57. The molecule has 2 aliphatic rings. The predicted octanol–water partition coefficient (Wildman–Crippen LogP) is 0.875. The van der Waals surface area contributed by atoms with Gasteiger partial charge in [-0.25, -0.2) is 0 Å². The number of ether oxygens (including phenoxy) is 1. The molecule has 1 aromatic carbocycles. The highest BCUT2D eigenvalue weighted by molar-refractivity contribution is 6.04. The van der Waals surface area contributed by atoms with Crippen LogP contribution in [0.4, 0.5) is 11.4 Å². The van der Waals surface area contributed by atoms with Crippen LogP contribution >= 0.6 is 0 Å². The number of benzene rings is 1. The Bertz CT molecular complexity index is 703. The molecule has 2 saturated heterocycles. The molecule has 0 bridgehead atoms. The van der Waals surface area contributed by atoms with E-state index in [-0.39, 0.29) is 12.3 Å². The molecule has 0 aromatic heterocycles. The van der Waals surface area contributed by atoms with Crippen molar-refractivity contribution in [3.05, 3.63) is 18.2 Å². The molecule has 1 aromatic rings. The van der Waals surface area contributed by atoms with Crippen molar-refractivity contribution >= 4 is 29.6 Å². The number of amides is 3. The van der Waals surface area contributed by atoms with Gasteiger partial charge in [-0.15, -0.1) is 0 Å². The highest BCUT2D eigenvalue weighted by Gasteiger charge is 2.32. The van der Waals surface area contributed by atoms with Gasteiger partial charge < -0.3 is 20.3 Å². The summed E-state index contributed by atoms with van der Waals surface area (Å²) in [5.41, 5.74) is 1.27. The number of piperidine rings is 2. The summed E-state index contributed by atoms with van der Waals surface area (Å²) in [6.45, 7) is 2.71. The lowest BCUT2D eigenvalue weighted by atomic mass is 9.99. The molecule has 3 N–H and O–H groups in total. The fourth-order valence-electron chi connectivity index (χ4n) is 3.54. The maximum absolute atomic E-state index is 12.1. The molecule has 146 valence electrons. The molecule has 0 saturated carbocycles. The molecule has 0 radical (unpaired) electrons. The molecule has 0 aliphatic carbocycles. The molecule has 2 heterocycles. The summed E-state index contributed by atoms with van der Waals surface area (Å²) in [4.78, 5) is 36.6. The molecular formula is C19H26N4O4. The quantitative estimate of drug-likeness (QED) is 0.484. The van der Waals surface area contributed by atoms with Crippen LogP contribution in [0.2, 0.25) is 0 Å². The standard InChI is InChI=1S/C19H26N4O4/c1-20-15-10-14(27-11-13-6-8-21-9-7-13)2-3-16(15)23(12-24)17-4-5-18(25)22-19(17)26/h2-3,10,12-13,17,20-21H,4-9,11H2,1H3,(H,22,25,26). The number of rotatable bonds is 7. The van der Waals surface area contributed by atoms with E-state index in [4.69, 9.17) is 4.74 Å². The average Bonchev–Trinajstić information content (AvgIpc) is 2.69. The lowest BCUT2D eigenvalue weighted by Crippen LogP contribution is -2.52. The van der Waals surface area contributed by atoms with Gasteiger partial charge in [-0.3, -0.25) is 19.7 Å². The number of carbonyl (C=O) groups excluding carboxylic acids is 3. The first-order valence-corrected chi connectivity index (χ1v) is 9.35. The predicted molar refractivity (Wildman–Crippen MR) is 102 cm³/mol. The molecule has 2 aliphatic heterocycles. The molecule has 8 nitrogen and oxygen atoms in total. The van der Waals surface area contributed by atoms with E-state index in [1.54, 1.807) is 19.2 Å². The Morgan fingerprint density at radius 3 is 2.70 bits per heavy atom. The average molecular weight is 374 g/mol. The third-order valence-electron chi connectivity index (χ3n) is 5.12. The monoisotopic (exact) mass is 374 g/mol. The van der Waals surface area contributed by atoms with Crippen LogP contribution in [0.3, 0.4) is 0 Å². The van der Waals surface area contributed by atoms with Gasteiger partial charge in [-0.05, 0) is 50.4 Å². The molecule has 0 spiro atoms. The van der Waals surface area contributed by atoms with Crippen LogP contribution in [0.5, 0.6) is 5.75 Å². The number of hydrogen-bond acceptors (Lipinski definition) is 6. The maximum atomic E-state index is 12.1. The Balaban J connectivity index is 1.73. The minimum atomic E-state index is -0.700. The van der Waals surface area contributed by atoms with E-state index in [1.165, 1.54) is 4.90 Å². The van der Waals surface area contributed by atoms with E-state index in [0.29, 0.717) is 36.7 Å². The highest BCUT2D eigenvalue weighted by Crippen LogP contribution is 2.32. The molecule has 27 heavy (non-hydrogen) atoms. The summed E-state index contributed by atoms with van der Waals surface area (Å²) >= 11 is 0. The van der Waals surface area contributed by atoms with E-state index in [9.17, 15) is 14.4 Å². The normalized spacial score (nSPS) is 20.7. The van der Waals surface area contributed by atoms with Crippen molar-refractivity contribution in [2.45, 2.75) is 31.7 Å². The maximum Gasteiger partial charge on any atom is 0.249 e. The smallest absolute Gasteiger partial charge is 0.249 e. The lowest BCUT2D eigenvalue weighted by Gasteiger charge is -2.31. The minimum absolute atomic E-state index is 0.215. The largest absolute Gasteiger partial charge is 0.493 e. The zero-order chi connectivity index (χ0) is 19.2. The molecule has 3 amide bonds. The van der Waals surface area contributed by atoms with Crippen LogP contribution in [-0.2, 0) is 14.4 Å². The number of hydrogen-bond donors (Lipinski definition) is 3. The zero-order valence-corrected chi connectivity index (χ0v) is 15.5. The second kappa shape index (κ2) is 8.85. The van der Waals surface area contributed by atoms with Gasteiger partial charge in [0.15, 0.2) is 0 Å². The molecule has 1 atom stereocenters. The Hall–Kier alpha value is -2.61. The van der Waals surface area contributed by atoms with Crippen molar-refractivity contribution in [2.24, 2.45) is 5.92 Å². The first kappa shape index (κ1) is 19.2. The Kier molecular flexibility index (Phi) is 6.28. The summed E-state index contributed by atoms with van der Waals surface area (Å²) in [7, 11) is 1.75. The molecule has 2 fully saturated rings. The van der Waals surface area contributed by atoms with Crippen molar-refractivity contribution < 1.29 is 19.1 Å². The van der Waals surface area contributed by atoms with Crippen LogP contribution in [0.25, 0.3) is 0 Å². The van der Waals surface area contributed by atoms with Crippen molar-refractivity contribution in [3.8, 4) is 5.75 Å². The van der Waals surface area contributed by atoms with Crippen molar-refractivity contribution in [3.63, 3.8) is 0 Å². The van der Waals surface area contributed by atoms with Gasteiger partial charge in [-0.1, -0.05) is 0 Å². The van der Waals surface area contributed by atoms with Crippen molar-refractivity contribution in [1.29, 1.82) is 0 Å². The Morgan fingerprint density at radius 2 is 2.04 bits per heavy atom. The van der Waals surface area contributed by atoms with Crippen molar-refractivity contribution in [2.75, 3.05) is 37.0 Å². The van der Waals surface area contributed by atoms with Crippen LogP contribution in [0.1, 0.15) is 25.7 Å². The van der Waals surface area contributed by atoms with Crippen LogP contribution < -0.4 is 25.6 Å². The van der Waals surface area contributed by atoms with Gasteiger partial charge in [0.25, 0.3) is 0 Å². The van der Waals surface area contributed by atoms with E-state index in [2.05, 4.69) is 16.0 Å². The number of nitrogens with one attached hydrogen (secondary N) is 3. The fraction of sp³-hybridized carbons (Fsp3) is 0.526. The highest BCUT2D eigenvalue weighted by atomic mass is 16.5. The van der Waals surface area contributed by atoms with Crippen LogP contribution in [0.15, 0.2) is 18.2 Å². The van der Waals surface area contributed by atoms with E-state index in [1.807, 2.05) is 6.07 Å². The SMILES string of the molecule is CNc1cc(OCC2CCNCC2)ccc1N(C=O)C1CCC(=O)NC1=O. The fourth-order valence-corrected chi connectivity index (χ4v) is 3.54. The third-order valence-corrected chi connectivity index (χ3v) is 5.12. The van der Waals surface area contributed by atoms with E-state index < -0.39 is 11.9 Å². The summed E-state index contributed by atoms with van der Waals surface area (Å²) in [6.07, 6.45) is 3.36. The molecular weight excluding hydrogens is 348 g/mol. The van der Waals surface area contributed by atoms with Gasteiger partial charge in [0.05, 0.1) is 18.0 Å². The molecule has 8 heteroatoms. The first-order chi connectivity index (χ1) is 13.1. The number of nitrogens with zero attached hydrogens (tertiary/aromatic N) is 1. The minimum Gasteiger partial charge on any atom is -0.493 e. The van der Waals surface area contributed by atoms with Gasteiger partial charge in [-0.2, -0.15) is 0 Å². The summed E-state index contributed by atoms with van der Waals surface area (Å²) in [5, 5.41) is 8.69. The van der Waals surface area contributed by atoms with Crippen molar-refractivity contribution in [1.82, 2.24) is 10.6 Å². The Morgan fingerprint density at radius 1 is 1.26 bits per heavy atom. The van der Waals surface area contributed by atoms with Gasteiger partial charge in [0.1, 0.15) is 11.8 Å². The molecule has 3 rings (SSSR count). The van der Waals surface area contributed by atoms with E-state index in [0.717, 1.165) is 31.7 Å². The summed E-state index contributed by atoms with van der Waals surface area (Å²) in [5.74, 6) is 0.499. The van der Waals surface area contributed by atoms with Crippen LogP contribution in [-0.4, -0.2) is 51.0 Å². The zero-order valence-electron chi connectivity index (χ0n) is 15.5.